The SMILES string of the molecule is NC(c1c[nH]c2cc(Cl)ccc12)C(F)F. The molecule has 1 unspecified atom stereocenters. The van der Waals surface area contributed by atoms with Gasteiger partial charge in [-0.25, -0.2) is 8.78 Å². The second-order valence-corrected chi connectivity index (χ2v) is 3.73. The first-order valence-electron chi connectivity index (χ1n) is 4.40. The molecule has 1 atom stereocenters. The number of halogens is 3. The van der Waals surface area contributed by atoms with Crippen LogP contribution in [0.25, 0.3) is 10.9 Å². The molecule has 0 radical (unpaired) electrons. The van der Waals surface area contributed by atoms with Crippen LogP contribution in [0.4, 0.5) is 8.78 Å². The Kier molecular flexibility index (Phi) is 2.63. The monoisotopic (exact) mass is 230 g/mol. The van der Waals surface area contributed by atoms with E-state index in [0.717, 1.165) is 0 Å². The summed E-state index contributed by atoms with van der Waals surface area (Å²) in [6.07, 6.45) is -1.07. The largest absolute Gasteiger partial charge is 0.361 e. The number of rotatable bonds is 2. The molecule has 0 aliphatic carbocycles. The first kappa shape index (κ1) is 10.4. The number of fused-ring (bicyclic) bond motifs is 1. The zero-order valence-corrected chi connectivity index (χ0v) is 8.43. The number of benzene rings is 1. The normalized spacial score (nSPS) is 13.7. The Hall–Kier alpha value is -1.13. The maximum absolute atomic E-state index is 12.4. The Labute approximate surface area is 90.0 Å². The average molecular weight is 231 g/mol. The van der Waals surface area contributed by atoms with E-state index in [4.69, 9.17) is 17.3 Å². The van der Waals surface area contributed by atoms with Crippen molar-refractivity contribution in [3.63, 3.8) is 0 Å². The van der Waals surface area contributed by atoms with Crippen LogP contribution in [-0.4, -0.2) is 11.4 Å². The van der Waals surface area contributed by atoms with Crippen molar-refractivity contribution in [1.82, 2.24) is 4.98 Å². The topological polar surface area (TPSA) is 41.8 Å². The predicted molar refractivity (Wildman–Crippen MR) is 56.2 cm³/mol. The van der Waals surface area contributed by atoms with Gasteiger partial charge in [0.25, 0.3) is 6.43 Å². The maximum atomic E-state index is 12.4. The summed E-state index contributed by atoms with van der Waals surface area (Å²) < 4.78 is 24.9. The molecule has 80 valence electrons. The molecule has 1 aromatic heterocycles. The molecule has 1 heterocycles. The zero-order chi connectivity index (χ0) is 11.0. The fraction of sp³-hybridized carbons (Fsp3) is 0.200. The van der Waals surface area contributed by atoms with Crippen LogP contribution >= 0.6 is 11.6 Å². The highest BCUT2D eigenvalue weighted by molar-refractivity contribution is 6.31. The number of nitrogens with two attached hydrogens (primary N) is 1. The molecule has 2 rings (SSSR count). The van der Waals surface area contributed by atoms with E-state index in [-0.39, 0.29) is 0 Å². The van der Waals surface area contributed by atoms with E-state index in [1.165, 1.54) is 6.20 Å². The average Bonchev–Trinajstić information content (AvgIpc) is 2.59. The molecule has 0 saturated carbocycles. The van der Waals surface area contributed by atoms with Crippen LogP contribution in [0.3, 0.4) is 0 Å². The van der Waals surface area contributed by atoms with Crippen molar-refractivity contribution >= 4 is 22.5 Å². The van der Waals surface area contributed by atoms with Crippen LogP contribution in [0, 0.1) is 0 Å². The summed E-state index contributed by atoms with van der Waals surface area (Å²) in [5.41, 5.74) is 6.51. The van der Waals surface area contributed by atoms with E-state index >= 15 is 0 Å². The number of hydrogen-bond donors (Lipinski definition) is 2. The minimum atomic E-state index is -2.57. The van der Waals surface area contributed by atoms with Crippen molar-refractivity contribution in [3.8, 4) is 0 Å². The van der Waals surface area contributed by atoms with Crippen molar-refractivity contribution in [1.29, 1.82) is 0 Å². The van der Waals surface area contributed by atoms with Crippen LogP contribution in [0.5, 0.6) is 0 Å². The molecular formula is C10H9ClF2N2. The summed E-state index contributed by atoms with van der Waals surface area (Å²) in [6.45, 7) is 0. The fourth-order valence-electron chi connectivity index (χ4n) is 1.53. The predicted octanol–water partition coefficient (Wildman–Crippen LogP) is 3.09. The van der Waals surface area contributed by atoms with E-state index < -0.39 is 12.5 Å². The molecule has 0 aliphatic heterocycles. The number of H-pyrrole nitrogens is 1. The summed E-state index contributed by atoms with van der Waals surface area (Å²) in [5, 5.41) is 1.24. The van der Waals surface area contributed by atoms with Gasteiger partial charge >= 0.3 is 0 Å². The highest BCUT2D eigenvalue weighted by Gasteiger charge is 2.20. The Morgan fingerprint density at radius 3 is 2.73 bits per heavy atom. The molecule has 0 saturated heterocycles. The Bertz CT molecular complexity index is 481. The molecule has 15 heavy (non-hydrogen) atoms. The summed E-state index contributed by atoms with van der Waals surface area (Å²) >= 11 is 5.77. The van der Waals surface area contributed by atoms with E-state index in [1.54, 1.807) is 18.2 Å². The number of hydrogen-bond acceptors (Lipinski definition) is 1. The summed E-state index contributed by atoms with van der Waals surface area (Å²) in [6, 6.07) is 3.75. The third-order valence-electron chi connectivity index (χ3n) is 2.31. The van der Waals surface area contributed by atoms with E-state index in [0.29, 0.717) is 21.5 Å². The van der Waals surface area contributed by atoms with Crippen LogP contribution < -0.4 is 5.73 Å². The lowest BCUT2D eigenvalue weighted by Crippen LogP contribution is -2.18. The van der Waals surface area contributed by atoms with Gasteiger partial charge < -0.3 is 10.7 Å². The number of aromatic nitrogens is 1. The van der Waals surface area contributed by atoms with Crippen LogP contribution in [-0.2, 0) is 0 Å². The number of alkyl halides is 2. The molecular weight excluding hydrogens is 222 g/mol. The molecule has 0 fully saturated rings. The van der Waals surface area contributed by atoms with E-state index in [9.17, 15) is 8.78 Å². The third kappa shape index (κ3) is 1.82. The van der Waals surface area contributed by atoms with Gasteiger partial charge in [0.2, 0.25) is 0 Å². The quantitative estimate of drug-likeness (QED) is 0.818. The lowest BCUT2D eigenvalue weighted by molar-refractivity contribution is 0.117. The first-order chi connectivity index (χ1) is 7.09. The fourth-order valence-corrected chi connectivity index (χ4v) is 1.70. The molecule has 2 aromatic rings. The van der Waals surface area contributed by atoms with Crippen molar-refractivity contribution < 1.29 is 8.78 Å². The number of nitrogens with one attached hydrogen (secondary N) is 1. The van der Waals surface area contributed by atoms with Gasteiger partial charge in [0.05, 0.1) is 6.04 Å². The first-order valence-corrected chi connectivity index (χ1v) is 4.77. The van der Waals surface area contributed by atoms with Crippen LogP contribution in [0.2, 0.25) is 5.02 Å². The molecule has 0 bridgehead atoms. The molecule has 0 spiro atoms. The van der Waals surface area contributed by atoms with Gasteiger partial charge in [-0.15, -0.1) is 0 Å². The Balaban J connectivity index is 2.54. The second-order valence-electron chi connectivity index (χ2n) is 3.29. The molecule has 2 nitrogen and oxygen atoms in total. The van der Waals surface area contributed by atoms with Gasteiger partial charge in [-0.05, 0) is 17.7 Å². The van der Waals surface area contributed by atoms with Crippen LogP contribution in [0.1, 0.15) is 11.6 Å². The summed E-state index contributed by atoms with van der Waals surface area (Å²) in [4.78, 5) is 2.87. The third-order valence-corrected chi connectivity index (χ3v) is 2.54. The van der Waals surface area contributed by atoms with Crippen molar-refractivity contribution in [2.24, 2.45) is 5.73 Å². The molecule has 5 heteroatoms. The standard InChI is InChI=1S/C10H9ClF2N2/c11-5-1-2-6-7(9(14)10(12)13)4-15-8(6)3-5/h1-4,9-10,15H,14H2. The molecule has 1 aromatic carbocycles. The second kappa shape index (κ2) is 3.79. The minimum Gasteiger partial charge on any atom is -0.361 e. The van der Waals surface area contributed by atoms with Gasteiger partial charge in [-0.1, -0.05) is 17.7 Å². The smallest absolute Gasteiger partial charge is 0.257 e. The van der Waals surface area contributed by atoms with Crippen LogP contribution in [0.15, 0.2) is 24.4 Å². The van der Waals surface area contributed by atoms with Crippen molar-refractivity contribution in [3.05, 3.63) is 35.0 Å². The maximum Gasteiger partial charge on any atom is 0.257 e. The van der Waals surface area contributed by atoms with Gasteiger partial charge in [-0.3, -0.25) is 0 Å². The zero-order valence-electron chi connectivity index (χ0n) is 7.68. The molecule has 0 aliphatic rings. The van der Waals surface area contributed by atoms with E-state index in [1.807, 2.05) is 0 Å². The molecule has 0 amide bonds. The van der Waals surface area contributed by atoms with Gasteiger partial charge in [0.15, 0.2) is 0 Å². The highest BCUT2D eigenvalue weighted by Crippen LogP contribution is 2.28. The van der Waals surface area contributed by atoms with Crippen molar-refractivity contribution in [2.45, 2.75) is 12.5 Å². The van der Waals surface area contributed by atoms with Gasteiger partial charge in [0, 0.05) is 22.1 Å². The van der Waals surface area contributed by atoms with Crippen molar-refractivity contribution in [2.75, 3.05) is 0 Å². The van der Waals surface area contributed by atoms with Gasteiger partial charge in [-0.2, -0.15) is 0 Å². The minimum absolute atomic E-state index is 0.414. The summed E-state index contributed by atoms with van der Waals surface area (Å²) in [5.74, 6) is 0. The van der Waals surface area contributed by atoms with Gasteiger partial charge in [0.1, 0.15) is 0 Å². The molecule has 3 N–H and O–H groups in total. The van der Waals surface area contributed by atoms with E-state index in [2.05, 4.69) is 4.98 Å². The highest BCUT2D eigenvalue weighted by atomic mass is 35.5. The lowest BCUT2D eigenvalue weighted by atomic mass is 10.1. The lowest BCUT2D eigenvalue weighted by Gasteiger charge is -2.08. The Morgan fingerprint density at radius 1 is 1.33 bits per heavy atom. The number of aromatic amines is 1. The summed E-state index contributed by atoms with van der Waals surface area (Å²) in [7, 11) is 0. The Morgan fingerprint density at radius 2 is 2.07 bits per heavy atom.